The largest absolute Gasteiger partial charge is 0.507 e. The van der Waals surface area contributed by atoms with Crippen molar-refractivity contribution in [1.29, 1.82) is 0 Å². The van der Waals surface area contributed by atoms with Crippen LogP contribution in [0.5, 0.6) is 5.75 Å². The molecule has 42 heavy (non-hydrogen) atoms. The van der Waals surface area contributed by atoms with E-state index in [-0.39, 0.29) is 34.8 Å². The number of hydrogen-bond acceptors (Lipinski definition) is 8. The molecule has 11 heteroatoms. The van der Waals surface area contributed by atoms with Crippen LogP contribution in [0.3, 0.4) is 0 Å². The molecule has 220 valence electrons. The van der Waals surface area contributed by atoms with Gasteiger partial charge in [-0.25, -0.2) is 18.8 Å². The van der Waals surface area contributed by atoms with Gasteiger partial charge in [0.1, 0.15) is 28.9 Å². The van der Waals surface area contributed by atoms with Crippen molar-refractivity contribution < 1.29 is 23.8 Å². The number of anilines is 2. The second kappa shape index (κ2) is 11.5. The molecule has 0 radical (unpaired) electrons. The van der Waals surface area contributed by atoms with Crippen molar-refractivity contribution in [2.75, 3.05) is 24.5 Å². The number of aliphatic hydroxyl groups excluding tert-OH is 1. The first-order valence-electron chi connectivity index (χ1n) is 13.9. The van der Waals surface area contributed by atoms with E-state index in [4.69, 9.17) is 0 Å². The van der Waals surface area contributed by atoms with Crippen LogP contribution in [0, 0.1) is 18.6 Å². The number of carbonyl (C=O) groups is 1. The molecule has 4 heterocycles. The summed E-state index contributed by atoms with van der Waals surface area (Å²) in [6, 6.07) is 6.48. The van der Waals surface area contributed by atoms with Gasteiger partial charge in [-0.2, -0.15) is 0 Å². The lowest BCUT2D eigenvalue weighted by Crippen LogP contribution is -2.56. The number of rotatable bonds is 5. The molecule has 1 saturated heterocycles. The first-order valence-corrected chi connectivity index (χ1v) is 13.9. The van der Waals surface area contributed by atoms with Gasteiger partial charge >= 0.3 is 0 Å². The third-order valence-corrected chi connectivity index (χ3v) is 7.98. The molecule has 1 amide bonds. The average Bonchev–Trinajstić information content (AvgIpc) is 2.96. The van der Waals surface area contributed by atoms with Gasteiger partial charge in [0.05, 0.1) is 22.5 Å². The molecule has 2 aliphatic heterocycles. The molecule has 0 spiro atoms. The van der Waals surface area contributed by atoms with Gasteiger partial charge in [0.25, 0.3) is 0 Å². The highest BCUT2D eigenvalue weighted by Gasteiger charge is 2.38. The van der Waals surface area contributed by atoms with Crippen LogP contribution in [0.25, 0.3) is 11.3 Å². The molecule has 2 unspecified atom stereocenters. The summed E-state index contributed by atoms with van der Waals surface area (Å²) < 4.78 is 30.8. The number of amidine groups is 1. The zero-order chi connectivity index (χ0) is 30.3. The second-order valence-electron chi connectivity index (χ2n) is 10.7. The molecular formula is C31H34F2N6O3. The number of hydrogen-bond donors (Lipinski definition) is 2. The number of aromatic nitrogens is 2. The summed E-state index contributed by atoms with van der Waals surface area (Å²) >= 11 is 0. The van der Waals surface area contributed by atoms with E-state index in [1.54, 1.807) is 17.2 Å². The van der Waals surface area contributed by atoms with Crippen LogP contribution in [0.4, 0.5) is 20.3 Å². The Kier molecular flexibility index (Phi) is 7.96. The maximum Gasteiger partial charge on any atom is 0.246 e. The Morgan fingerprint density at radius 2 is 2.00 bits per heavy atom. The Morgan fingerprint density at radius 3 is 2.67 bits per heavy atom. The van der Waals surface area contributed by atoms with Crippen LogP contribution >= 0.6 is 0 Å². The molecule has 1 aromatic carbocycles. The Labute approximate surface area is 243 Å². The third-order valence-electron chi connectivity index (χ3n) is 7.98. The SMILES string of the molecule is C=CC(=O)N1CCN(C2=NC(O)N(c3c(C)ccnc3C(C)CC)c3nc(-c4c(O)cccc4F)c(F)cc32)[C@@H](C)C1. The minimum Gasteiger partial charge on any atom is -0.507 e. The van der Waals surface area contributed by atoms with Gasteiger partial charge in [0.15, 0.2) is 5.82 Å². The summed E-state index contributed by atoms with van der Waals surface area (Å²) in [5.41, 5.74) is 1.56. The van der Waals surface area contributed by atoms with E-state index in [0.29, 0.717) is 36.9 Å². The maximum absolute atomic E-state index is 15.9. The topological polar surface area (TPSA) is 105 Å². The minimum absolute atomic E-state index is 0.00644. The number of aliphatic hydroxyl groups is 1. The summed E-state index contributed by atoms with van der Waals surface area (Å²) in [7, 11) is 0. The maximum atomic E-state index is 15.9. The van der Waals surface area contributed by atoms with Gasteiger partial charge in [-0.05, 0) is 56.2 Å². The van der Waals surface area contributed by atoms with E-state index in [1.807, 2.05) is 32.6 Å². The number of pyridine rings is 2. The fraction of sp³-hybridized carbons (Fsp3) is 0.355. The molecule has 0 bridgehead atoms. The molecule has 0 saturated carbocycles. The van der Waals surface area contributed by atoms with Gasteiger partial charge in [-0.3, -0.25) is 14.7 Å². The molecule has 1 fully saturated rings. The summed E-state index contributed by atoms with van der Waals surface area (Å²) in [6.07, 6.45) is 2.25. The predicted molar refractivity (Wildman–Crippen MR) is 157 cm³/mol. The number of carbonyl (C=O) groups excluding carboxylic acids is 1. The molecule has 0 aliphatic carbocycles. The van der Waals surface area contributed by atoms with Gasteiger partial charge in [0, 0.05) is 37.8 Å². The number of phenolic OH excluding ortho intramolecular Hbond substituents is 1. The van der Waals surface area contributed by atoms with Gasteiger partial charge in [-0.1, -0.05) is 26.5 Å². The fourth-order valence-corrected chi connectivity index (χ4v) is 5.59. The Bertz CT molecular complexity index is 1560. The van der Waals surface area contributed by atoms with Crippen molar-refractivity contribution in [3.63, 3.8) is 0 Å². The molecule has 9 nitrogen and oxygen atoms in total. The van der Waals surface area contributed by atoms with Crippen LogP contribution in [-0.2, 0) is 4.79 Å². The fourth-order valence-electron chi connectivity index (χ4n) is 5.59. The number of aliphatic imine (C=N–C) groups is 1. The Hall–Kier alpha value is -4.38. The van der Waals surface area contributed by atoms with Gasteiger partial charge in [-0.15, -0.1) is 0 Å². The first-order chi connectivity index (χ1) is 20.1. The highest BCUT2D eigenvalue weighted by atomic mass is 19.1. The average molecular weight is 577 g/mol. The monoisotopic (exact) mass is 576 g/mol. The predicted octanol–water partition coefficient (Wildman–Crippen LogP) is 4.84. The zero-order valence-corrected chi connectivity index (χ0v) is 24.1. The number of fused-ring (bicyclic) bond motifs is 1. The number of aryl methyl sites for hydroxylation is 1. The number of halogens is 2. The van der Waals surface area contributed by atoms with E-state index < -0.39 is 29.4 Å². The van der Waals surface area contributed by atoms with E-state index in [9.17, 15) is 19.4 Å². The molecule has 5 rings (SSSR count). The van der Waals surface area contributed by atoms with Crippen molar-refractivity contribution in [3.05, 3.63) is 77.6 Å². The lowest BCUT2D eigenvalue weighted by Gasteiger charge is -2.44. The van der Waals surface area contributed by atoms with Crippen molar-refractivity contribution in [2.45, 2.75) is 52.4 Å². The number of piperazine rings is 1. The molecule has 2 aromatic heterocycles. The van der Waals surface area contributed by atoms with Gasteiger partial charge in [0.2, 0.25) is 12.3 Å². The lowest BCUT2D eigenvalue weighted by molar-refractivity contribution is -0.128. The van der Waals surface area contributed by atoms with Crippen molar-refractivity contribution >= 4 is 23.2 Å². The molecule has 2 N–H and O–H groups in total. The van der Waals surface area contributed by atoms with Crippen LogP contribution < -0.4 is 4.90 Å². The Balaban J connectivity index is 1.73. The third kappa shape index (κ3) is 4.98. The highest BCUT2D eigenvalue weighted by molar-refractivity contribution is 6.06. The molecule has 3 aromatic rings. The van der Waals surface area contributed by atoms with Crippen molar-refractivity contribution in [2.24, 2.45) is 4.99 Å². The number of aromatic hydroxyl groups is 1. The van der Waals surface area contributed by atoms with Crippen LogP contribution in [0.15, 0.2) is 54.2 Å². The lowest BCUT2D eigenvalue weighted by atomic mass is 9.98. The van der Waals surface area contributed by atoms with Crippen LogP contribution in [0.2, 0.25) is 0 Å². The molecule has 2 aliphatic rings. The quantitative estimate of drug-likeness (QED) is 0.419. The number of amides is 1. The smallest absolute Gasteiger partial charge is 0.246 e. The summed E-state index contributed by atoms with van der Waals surface area (Å²) in [4.78, 5) is 31.2. The van der Waals surface area contributed by atoms with E-state index >= 15 is 4.39 Å². The Morgan fingerprint density at radius 1 is 1.24 bits per heavy atom. The van der Waals surface area contributed by atoms with E-state index in [0.717, 1.165) is 18.1 Å². The number of benzene rings is 1. The first kappa shape index (κ1) is 29.1. The number of nitrogens with zero attached hydrogens (tertiary/aromatic N) is 6. The van der Waals surface area contributed by atoms with Crippen molar-refractivity contribution in [1.82, 2.24) is 19.8 Å². The van der Waals surface area contributed by atoms with Crippen molar-refractivity contribution in [3.8, 4) is 17.0 Å². The molecular weight excluding hydrogens is 542 g/mol. The number of phenols is 1. The second-order valence-corrected chi connectivity index (χ2v) is 10.7. The normalized spacial score (nSPS) is 19.3. The summed E-state index contributed by atoms with van der Waals surface area (Å²) in [5, 5.41) is 22.1. The van der Waals surface area contributed by atoms with Crippen LogP contribution in [-0.4, -0.2) is 73.8 Å². The standard InChI is InChI=1S/C31H34F2N6O3/c1-6-17(3)26-28(18(4)11-12-34-26)39-30-20(15-22(33)27(35-30)25-21(32)9-8-10-23(25)40)29(36-31(39)42)38-14-13-37(16-19(38)5)24(41)7-2/h7-12,15,17,19,31,40,42H,2,6,13-14,16H2,1,3-5H3/t17?,19-,31?/m0/s1. The zero-order valence-electron chi connectivity index (χ0n) is 24.1. The highest BCUT2D eigenvalue weighted by Crippen LogP contribution is 2.43. The summed E-state index contributed by atoms with van der Waals surface area (Å²) in [6.45, 7) is 12.5. The van der Waals surface area contributed by atoms with Gasteiger partial charge < -0.3 is 20.0 Å². The van der Waals surface area contributed by atoms with E-state index in [1.165, 1.54) is 29.2 Å². The van der Waals surface area contributed by atoms with E-state index in [2.05, 4.69) is 21.5 Å². The summed E-state index contributed by atoms with van der Waals surface area (Å²) in [5.74, 6) is -1.91. The minimum atomic E-state index is -1.47. The molecule has 3 atom stereocenters. The van der Waals surface area contributed by atoms with Crippen LogP contribution in [0.1, 0.15) is 49.9 Å².